The van der Waals surface area contributed by atoms with Gasteiger partial charge < -0.3 is 15.5 Å². The molecule has 0 aromatic heterocycles. The van der Waals surface area contributed by atoms with Gasteiger partial charge in [-0.05, 0) is 19.3 Å². The summed E-state index contributed by atoms with van der Waals surface area (Å²) >= 11 is 0. The number of aliphatic hydroxyl groups is 2. The van der Waals surface area contributed by atoms with Crippen molar-refractivity contribution in [1.82, 2.24) is 10.3 Å². The third kappa shape index (κ3) is 3.60. The molecule has 2 amide bonds. The molecule has 8 heteroatoms. The van der Waals surface area contributed by atoms with Crippen LogP contribution in [0.25, 0.3) is 0 Å². The number of aliphatic hydroxyl groups excluding tert-OH is 2. The van der Waals surface area contributed by atoms with Crippen LogP contribution in [-0.4, -0.2) is 52.7 Å². The molecule has 17 heavy (non-hydrogen) atoms. The average molecular weight is 249 g/mol. The van der Waals surface area contributed by atoms with Crippen LogP contribution in [0, 0.1) is 4.91 Å². The van der Waals surface area contributed by atoms with Crippen molar-refractivity contribution in [2.45, 2.75) is 37.5 Å². The highest BCUT2D eigenvalue weighted by atomic mass is 19.1. The van der Waals surface area contributed by atoms with Crippen LogP contribution >= 0.6 is 0 Å². The fraction of sp³-hybridized carbons (Fsp3) is 0.889. The number of alkyl halides is 1. The summed E-state index contributed by atoms with van der Waals surface area (Å²) in [5, 5.41) is 24.2. The second kappa shape index (κ2) is 6.45. The van der Waals surface area contributed by atoms with Crippen LogP contribution in [0.15, 0.2) is 5.29 Å². The fourth-order valence-corrected chi connectivity index (χ4v) is 1.82. The molecule has 1 saturated carbocycles. The lowest BCUT2D eigenvalue weighted by atomic mass is 9.90. The molecule has 0 saturated heterocycles. The SMILES string of the molecule is O=NN(CCF)C(=O)NC1[C@H](O)CCC[C@@H]1O. The Morgan fingerprint density at radius 1 is 1.41 bits per heavy atom. The topological polar surface area (TPSA) is 102 Å². The lowest BCUT2D eigenvalue weighted by Crippen LogP contribution is -2.55. The van der Waals surface area contributed by atoms with Gasteiger partial charge in [0.15, 0.2) is 0 Å². The minimum Gasteiger partial charge on any atom is -0.391 e. The van der Waals surface area contributed by atoms with E-state index in [1.165, 1.54) is 0 Å². The monoisotopic (exact) mass is 249 g/mol. The highest BCUT2D eigenvalue weighted by molar-refractivity contribution is 5.74. The lowest BCUT2D eigenvalue weighted by Gasteiger charge is -2.33. The normalized spacial score (nSPS) is 28.5. The zero-order chi connectivity index (χ0) is 12.8. The molecule has 0 spiro atoms. The van der Waals surface area contributed by atoms with Crippen LogP contribution in [0.4, 0.5) is 9.18 Å². The summed E-state index contributed by atoms with van der Waals surface area (Å²) in [5.74, 6) is 0. The van der Waals surface area contributed by atoms with Crippen LogP contribution in [-0.2, 0) is 0 Å². The molecule has 0 aliphatic heterocycles. The Bertz CT molecular complexity index is 269. The number of carbonyl (C=O) groups excluding carboxylic acids is 1. The predicted molar refractivity (Wildman–Crippen MR) is 56.7 cm³/mol. The highest BCUT2D eigenvalue weighted by Crippen LogP contribution is 2.19. The summed E-state index contributed by atoms with van der Waals surface area (Å²) in [5.41, 5.74) is 0. The fourth-order valence-electron chi connectivity index (χ4n) is 1.82. The van der Waals surface area contributed by atoms with Gasteiger partial charge in [0.05, 0.1) is 30.1 Å². The van der Waals surface area contributed by atoms with Gasteiger partial charge in [-0.15, -0.1) is 4.91 Å². The number of nitroso groups, excluding NO2 is 1. The van der Waals surface area contributed by atoms with Gasteiger partial charge in [0.1, 0.15) is 6.67 Å². The number of amides is 2. The summed E-state index contributed by atoms with van der Waals surface area (Å²) in [6.07, 6.45) is -0.170. The Labute approximate surface area is 97.5 Å². The third-order valence-electron chi connectivity index (χ3n) is 2.75. The molecular weight excluding hydrogens is 233 g/mol. The van der Waals surface area contributed by atoms with Gasteiger partial charge in [-0.3, -0.25) is 0 Å². The van der Waals surface area contributed by atoms with E-state index in [4.69, 9.17) is 0 Å². The molecule has 1 fully saturated rings. The number of hydrogen-bond donors (Lipinski definition) is 3. The number of urea groups is 1. The number of carbonyl (C=O) groups is 1. The molecule has 3 atom stereocenters. The maximum Gasteiger partial charge on any atom is 0.340 e. The summed E-state index contributed by atoms with van der Waals surface area (Å²) in [6, 6.07) is -1.76. The summed E-state index contributed by atoms with van der Waals surface area (Å²) in [6.45, 7) is -1.34. The molecule has 3 N–H and O–H groups in total. The van der Waals surface area contributed by atoms with Crippen molar-refractivity contribution in [2.75, 3.05) is 13.2 Å². The van der Waals surface area contributed by atoms with Crippen LogP contribution < -0.4 is 5.32 Å². The van der Waals surface area contributed by atoms with E-state index in [-0.39, 0.29) is 0 Å². The number of halogens is 1. The van der Waals surface area contributed by atoms with Gasteiger partial charge in [0.25, 0.3) is 0 Å². The van der Waals surface area contributed by atoms with Gasteiger partial charge in [0, 0.05) is 0 Å². The molecule has 0 bridgehead atoms. The van der Waals surface area contributed by atoms with Crippen molar-refractivity contribution < 1.29 is 19.4 Å². The van der Waals surface area contributed by atoms with Crippen LogP contribution in [0.2, 0.25) is 0 Å². The molecule has 1 aliphatic rings. The standard InChI is InChI=1S/C9H16FN3O4/c10-4-5-13(12-17)9(16)11-8-6(14)2-1-3-7(8)15/h6-8,14-15H,1-5H2,(H,11,16)/t6-,7+,8?. The number of rotatable bonds is 4. The minimum atomic E-state index is -0.914. The Balaban J connectivity index is 2.56. The van der Waals surface area contributed by atoms with Crippen molar-refractivity contribution >= 4 is 6.03 Å². The lowest BCUT2D eigenvalue weighted by molar-refractivity contribution is 0.00407. The summed E-state index contributed by atoms with van der Waals surface area (Å²) in [4.78, 5) is 21.7. The predicted octanol–water partition coefficient (Wildman–Crippen LogP) is -0.0768. The molecule has 1 unspecified atom stereocenters. The molecule has 0 aromatic carbocycles. The minimum absolute atomic E-state index is 0.383. The van der Waals surface area contributed by atoms with E-state index >= 15 is 0 Å². The Kier molecular flexibility index (Phi) is 5.23. The second-order valence-electron chi connectivity index (χ2n) is 3.93. The molecule has 0 heterocycles. The van der Waals surface area contributed by atoms with E-state index in [1.54, 1.807) is 0 Å². The van der Waals surface area contributed by atoms with Crippen LogP contribution in [0.1, 0.15) is 19.3 Å². The van der Waals surface area contributed by atoms with Crippen molar-refractivity contribution in [3.05, 3.63) is 4.91 Å². The zero-order valence-electron chi connectivity index (χ0n) is 9.25. The molecule has 1 aliphatic carbocycles. The number of nitrogens with zero attached hydrogens (tertiary/aromatic N) is 2. The molecule has 0 radical (unpaired) electrons. The maximum atomic E-state index is 12.0. The van der Waals surface area contributed by atoms with Crippen molar-refractivity contribution in [1.29, 1.82) is 0 Å². The maximum absolute atomic E-state index is 12.0. The first-order chi connectivity index (χ1) is 8.10. The first-order valence-electron chi connectivity index (χ1n) is 5.43. The van der Waals surface area contributed by atoms with Gasteiger partial charge in [0.2, 0.25) is 0 Å². The molecule has 0 aromatic rings. The smallest absolute Gasteiger partial charge is 0.340 e. The van der Waals surface area contributed by atoms with Gasteiger partial charge in [-0.2, -0.15) is 5.01 Å². The van der Waals surface area contributed by atoms with Crippen molar-refractivity contribution in [3.63, 3.8) is 0 Å². The average Bonchev–Trinajstić information content (AvgIpc) is 2.30. The zero-order valence-corrected chi connectivity index (χ0v) is 9.25. The van der Waals surface area contributed by atoms with E-state index in [1.807, 2.05) is 0 Å². The quantitative estimate of drug-likeness (QED) is 0.479. The Hall–Kier alpha value is -1.28. The first-order valence-corrected chi connectivity index (χ1v) is 5.43. The number of nitrogens with one attached hydrogen (secondary N) is 1. The summed E-state index contributed by atoms with van der Waals surface area (Å²) in [7, 11) is 0. The largest absolute Gasteiger partial charge is 0.391 e. The molecule has 7 nitrogen and oxygen atoms in total. The van der Waals surface area contributed by atoms with E-state index in [9.17, 15) is 24.3 Å². The highest BCUT2D eigenvalue weighted by Gasteiger charge is 2.33. The molecule has 98 valence electrons. The molecule has 1 rings (SSSR count). The van der Waals surface area contributed by atoms with E-state index < -0.39 is 37.5 Å². The van der Waals surface area contributed by atoms with E-state index in [2.05, 4.69) is 10.6 Å². The second-order valence-corrected chi connectivity index (χ2v) is 3.93. The van der Waals surface area contributed by atoms with Gasteiger partial charge in [-0.25, -0.2) is 9.18 Å². The van der Waals surface area contributed by atoms with E-state index in [0.717, 1.165) is 0 Å². The van der Waals surface area contributed by atoms with Gasteiger partial charge in [-0.1, -0.05) is 0 Å². The Morgan fingerprint density at radius 3 is 2.47 bits per heavy atom. The van der Waals surface area contributed by atoms with Crippen molar-refractivity contribution in [2.24, 2.45) is 5.29 Å². The number of hydrogen-bond acceptors (Lipinski definition) is 5. The van der Waals surface area contributed by atoms with Gasteiger partial charge >= 0.3 is 6.03 Å². The third-order valence-corrected chi connectivity index (χ3v) is 2.75. The van der Waals surface area contributed by atoms with E-state index in [0.29, 0.717) is 24.3 Å². The van der Waals surface area contributed by atoms with Crippen LogP contribution in [0.3, 0.4) is 0 Å². The summed E-state index contributed by atoms with van der Waals surface area (Å²) < 4.78 is 12.0. The Morgan fingerprint density at radius 2 is 2.00 bits per heavy atom. The first kappa shape index (κ1) is 13.8. The molecular formula is C9H16FN3O4. The van der Waals surface area contributed by atoms with Crippen molar-refractivity contribution in [3.8, 4) is 0 Å². The van der Waals surface area contributed by atoms with Crippen LogP contribution in [0.5, 0.6) is 0 Å².